The molecule has 0 aliphatic heterocycles. The summed E-state index contributed by atoms with van der Waals surface area (Å²) < 4.78 is 10.9. The van der Waals surface area contributed by atoms with E-state index in [1.165, 1.54) is 0 Å². The molecule has 0 bridgehead atoms. The van der Waals surface area contributed by atoms with Gasteiger partial charge in [-0.15, -0.1) is 0 Å². The molecule has 0 aromatic heterocycles. The topological polar surface area (TPSA) is 67.9 Å². The molecule has 6 heteroatoms. The van der Waals surface area contributed by atoms with E-state index in [0.29, 0.717) is 26.0 Å². The Balaban J connectivity index is 1.53. The molecule has 1 atom stereocenters. The van der Waals surface area contributed by atoms with Crippen LogP contribution in [0.4, 0.5) is 0 Å². The number of carbonyl (C=O) groups is 2. The first kappa shape index (κ1) is 24.6. The van der Waals surface area contributed by atoms with Crippen LogP contribution < -0.4 is 14.8 Å². The Bertz CT molecular complexity index is 863. The van der Waals surface area contributed by atoms with Gasteiger partial charge in [0.15, 0.2) is 0 Å². The lowest BCUT2D eigenvalue weighted by molar-refractivity contribution is -0.140. The molecule has 0 radical (unpaired) electrons. The van der Waals surface area contributed by atoms with Crippen molar-refractivity contribution >= 4 is 11.8 Å². The third kappa shape index (κ3) is 7.81. The van der Waals surface area contributed by atoms with Crippen LogP contribution in [0.1, 0.15) is 51.0 Å². The van der Waals surface area contributed by atoms with Crippen LogP contribution in [-0.4, -0.2) is 49.1 Å². The summed E-state index contributed by atoms with van der Waals surface area (Å²) in [5.74, 6) is 1.45. The predicted molar refractivity (Wildman–Crippen MR) is 129 cm³/mol. The van der Waals surface area contributed by atoms with Crippen molar-refractivity contribution in [3.05, 3.63) is 60.2 Å². The summed E-state index contributed by atoms with van der Waals surface area (Å²) in [7, 11) is 1.63. The van der Waals surface area contributed by atoms with Crippen molar-refractivity contribution in [1.82, 2.24) is 10.2 Å². The maximum atomic E-state index is 13.1. The van der Waals surface area contributed by atoms with E-state index >= 15 is 0 Å². The van der Waals surface area contributed by atoms with Gasteiger partial charge in [-0.05, 0) is 62.4 Å². The average Bonchev–Trinajstić information content (AvgIpc) is 3.36. The highest BCUT2D eigenvalue weighted by atomic mass is 16.5. The van der Waals surface area contributed by atoms with Crippen molar-refractivity contribution < 1.29 is 19.1 Å². The summed E-state index contributed by atoms with van der Waals surface area (Å²) in [6, 6.07) is 17.2. The number of methoxy groups -OCH3 is 1. The van der Waals surface area contributed by atoms with E-state index in [4.69, 9.17) is 9.47 Å². The second-order valence-corrected chi connectivity index (χ2v) is 8.62. The zero-order valence-corrected chi connectivity index (χ0v) is 19.8. The van der Waals surface area contributed by atoms with Crippen LogP contribution in [0, 0.1) is 0 Å². The summed E-state index contributed by atoms with van der Waals surface area (Å²) in [4.78, 5) is 27.7. The summed E-state index contributed by atoms with van der Waals surface area (Å²) in [5.41, 5.74) is 1.15. The minimum Gasteiger partial charge on any atom is -0.497 e. The first-order valence-corrected chi connectivity index (χ1v) is 12.0. The van der Waals surface area contributed by atoms with Crippen molar-refractivity contribution in [2.24, 2.45) is 0 Å². The maximum Gasteiger partial charge on any atom is 0.242 e. The van der Waals surface area contributed by atoms with Crippen LogP contribution in [0.25, 0.3) is 0 Å². The summed E-state index contributed by atoms with van der Waals surface area (Å²) in [6.45, 7) is 2.79. The van der Waals surface area contributed by atoms with Crippen LogP contribution in [0.5, 0.6) is 11.5 Å². The first-order chi connectivity index (χ1) is 16.1. The summed E-state index contributed by atoms with van der Waals surface area (Å²) in [5, 5.41) is 3.14. The molecule has 1 fully saturated rings. The highest BCUT2D eigenvalue weighted by molar-refractivity contribution is 5.87. The van der Waals surface area contributed by atoms with Gasteiger partial charge >= 0.3 is 0 Å². The number of ether oxygens (including phenoxy) is 2. The third-order valence-electron chi connectivity index (χ3n) is 6.22. The number of hydrogen-bond donors (Lipinski definition) is 1. The quantitative estimate of drug-likeness (QED) is 0.486. The fourth-order valence-electron chi connectivity index (χ4n) is 4.19. The van der Waals surface area contributed by atoms with Crippen LogP contribution in [-0.2, 0) is 16.0 Å². The lowest BCUT2D eigenvalue weighted by Crippen LogP contribution is -2.50. The third-order valence-corrected chi connectivity index (χ3v) is 6.22. The van der Waals surface area contributed by atoms with Gasteiger partial charge in [-0.2, -0.15) is 0 Å². The molecule has 2 amide bonds. The second-order valence-electron chi connectivity index (χ2n) is 8.62. The van der Waals surface area contributed by atoms with Gasteiger partial charge < -0.3 is 19.7 Å². The highest BCUT2D eigenvalue weighted by Crippen LogP contribution is 2.19. The Hall–Kier alpha value is -3.02. The summed E-state index contributed by atoms with van der Waals surface area (Å²) in [6.07, 6.45) is 6.01. The number of amides is 2. The van der Waals surface area contributed by atoms with Crippen molar-refractivity contribution in [2.75, 3.05) is 20.3 Å². The zero-order valence-electron chi connectivity index (χ0n) is 19.8. The minimum absolute atomic E-state index is 0.0154. The number of nitrogens with zero attached hydrogens (tertiary/aromatic N) is 1. The van der Waals surface area contributed by atoms with E-state index < -0.39 is 6.04 Å². The number of rotatable bonds is 12. The van der Waals surface area contributed by atoms with Gasteiger partial charge in [0.05, 0.1) is 13.7 Å². The number of benzene rings is 2. The lowest BCUT2D eigenvalue weighted by atomic mass is 10.1. The second kappa shape index (κ2) is 12.9. The van der Waals surface area contributed by atoms with E-state index in [2.05, 4.69) is 17.4 Å². The molecule has 0 unspecified atom stereocenters. The molecule has 0 heterocycles. The van der Waals surface area contributed by atoms with Crippen LogP contribution in [0.3, 0.4) is 0 Å². The monoisotopic (exact) mass is 452 g/mol. The molecule has 2 aromatic carbocycles. The Kier molecular flexibility index (Phi) is 9.60. The molecule has 0 saturated heterocycles. The van der Waals surface area contributed by atoms with Gasteiger partial charge in [-0.25, -0.2) is 0 Å². The molecule has 2 aromatic rings. The smallest absolute Gasteiger partial charge is 0.242 e. The van der Waals surface area contributed by atoms with Gasteiger partial charge in [-0.3, -0.25) is 9.59 Å². The van der Waals surface area contributed by atoms with E-state index in [1.54, 1.807) is 12.0 Å². The van der Waals surface area contributed by atoms with Gasteiger partial charge in [-0.1, -0.05) is 43.2 Å². The van der Waals surface area contributed by atoms with Gasteiger partial charge in [0, 0.05) is 19.0 Å². The predicted octanol–water partition coefficient (Wildman–Crippen LogP) is 4.37. The molecule has 1 saturated carbocycles. The van der Waals surface area contributed by atoms with E-state index in [0.717, 1.165) is 49.2 Å². The Morgan fingerprint density at radius 1 is 1.03 bits per heavy atom. The zero-order chi connectivity index (χ0) is 23.5. The normalized spacial score (nSPS) is 14.5. The summed E-state index contributed by atoms with van der Waals surface area (Å²) >= 11 is 0. The van der Waals surface area contributed by atoms with Crippen LogP contribution in [0.2, 0.25) is 0 Å². The standard InChI is InChI=1S/C27H36N2O4/c1-21(27(31)28-23-11-6-7-12-23)29(19-18-22-9-4-3-5-10-22)26(30)13-8-20-33-25-16-14-24(32-2)15-17-25/h3-5,9-10,14-17,21,23H,6-8,11-13,18-20H2,1-2H3,(H,28,31)/t21-/m0/s1. The fourth-order valence-corrected chi connectivity index (χ4v) is 4.19. The van der Waals surface area contributed by atoms with Gasteiger partial charge in [0.1, 0.15) is 17.5 Å². The minimum atomic E-state index is -0.496. The van der Waals surface area contributed by atoms with Gasteiger partial charge in [0.2, 0.25) is 11.8 Å². The SMILES string of the molecule is COc1ccc(OCCCC(=O)N(CCc2ccccc2)[C@@H](C)C(=O)NC2CCCC2)cc1. The van der Waals surface area contributed by atoms with Crippen molar-refractivity contribution in [1.29, 1.82) is 0 Å². The van der Waals surface area contributed by atoms with Crippen LogP contribution >= 0.6 is 0 Å². The molecule has 33 heavy (non-hydrogen) atoms. The molecule has 178 valence electrons. The maximum absolute atomic E-state index is 13.1. The van der Waals surface area contributed by atoms with Crippen molar-refractivity contribution in [3.63, 3.8) is 0 Å². The Morgan fingerprint density at radius 2 is 1.70 bits per heavy atom. The van der Waals surface area contributed by atoms with Crippen molar-refractivity contribution in [3.8, 4) is 11.5 Å². The highest BCUT2D eigenvalue weighted by Gasteiger charge is 2.27. The molecule has 1 aliphatic carbocycles. The molecule has 6 nitrogen and oxygen atoms in total. The van der Waals surface area contributed by atoms with Crippen molar-refractivity contribution in [2.45, 2.75) is 64.0 Å². The fraction of sp³-hybridized carbons (Fsp3) is 0.481. The molecule has 1 N–H and O–H groups in total. The Morgan fingerprint density at radius 3 is 2.36 bits per heavy atom. The van der Waals surface area contributed by atoms with E-state index in [9.17, 15) is 9.59 Å². The molecule has 1 aliphatic rings. The molecular formula is C27H36N2O4. The van der Waals surface area contributed by atoms with E-state index in [1.807, 2.05) is 49.4 Å². The van der Waals surface area contributed by atoms with Gasteiger partial charge in [0.25, 0.3) is 0 Å². The number of nitrogens with one attached hydrogen (secondary N) is 1. The largest absolute Gasteiger partial charge is 0.497 e. The average molecular weight is 453 g/mol. The Labute approximate surface area is 197 Å². The van der Waals surface area contributed by atoms with E-state index in [-0.39, 0.29) is 17.9 Å². The molecular weight excluding hydrogens is 416 g/mol. The first-order valence-electron chi connectivity index (χ1n) is 12.0. The number of hydrogen-bond acceptors (Lipinski definition) is 4. The molecule has 3 rings (SSSR count). The lowest BCUT2D eigenvalue weighted by Gasteiger charge is -2.30. The molecule has 0 spiro atoms. The number of carbonyl (C=O) groups excluding carboxylic acids is 2. The van der Waals surface area contributed by atoms with Crippen LogP contribution in [0.15, 0.2) is 54.6 Å².